The summed E-state index contributed by atoms with van der Waals surface area (Å²) in [6, 6.07) is 12.6. The highest BCUT2D eigenvalue weighted by atomic mass is 35.5. The minimum Gasteiger partial charge on any atom is -0.495 e. The molecule has 0 bridgehead atoms. The van der Waals surface area contributed by atoms with Crippen molar-refractivity contribution in [3.63, 3.8) is 0 Å². The van der Waals surface area contributed by atoms with Crippen LogP contribution < -0.4 is 4.74 Å². The Labute approximate surface area is 160 Å². The zero-order valence-electron chi connectivity index (χ0n) is 15.1. The van der Waals surface area contributed by atoms with E-state index in [-0.39, 0.29) is 10.9 Å². The number of benzene rings is 2. The van der Waals surface area contributed by atoms with E-state index in [1.807, 2.05) is 25.1 Å². The van der Waals surface area contributed by atoms with E-state index >= 15 is 0 Å². The van der Waals surface area contributed by atoms with Crippen LogP contribution in [0.1, 0.15) is 42.9 Å². The van der Waals surface area contributed by atoms with E-state index in [9.17, 15) is 8.42 Å². The summed E-state index contributed by atoms with van der Waals surface area (Å²) < 4.78 is 33.6. The van der Waals surface area contributed by atoms with Gasteiger partial charge in [0.1, 0.15) is 5.75 Å². The third-order valence-corrected chi connectivity index (χ3v) is 7.06. The molecule has 6 heteroatoms. The van der Waals surface area contributed by atoms with Crippen LogP contribution in [-0.2, 0) is 10.0 Å². The van der Waals surface area contributed by atoms with Gasteiger partial charge in [-0.05, 0) is 43.5 Å². The maximum Gasteiger partial charge on any atom is 0.243 e. The number of methoxy groups -OCH3 is 1. The average Bonchev–Trinajstić information content (AvgIpc) is 2.88. The Morgan fingerprint density at radius 2 is 1.92 bits per heavy atom. The first-order valence-corrected chi connectivity index (χ1v) is 10.7. The molecule has 140 valence electrons. The first-order chi connectivity index (χ1) is 12.4. The highest BCUT2D eigenvalue weighted by Crippen LogP contribution is 2.36. The molecule has 0 spiro atoms. The SMILES string of the molecule is COc1ccc(S(=O)(=O)N2CCCCCC2c2cccc(C)c2)cc1Cl. The topological polar surface area (TPSA) is 46.6 Å². The van der Waals surface area contributed by atoms with E-state index in [0.29, 0.717) is 17.3 Å². The van der Waals surface area contributed by atoms with Gasteiger partial charge in [-0.1, -0.05) is 54.3 Å². The van der Waals surface area contributed by atoms with Gasteiger partial charge in [0.05, 0.1) is 23.1 Å². The largest absolute Gasteiger partial charge is 0.495 e. The molecule has 0 amide bonds. The highest BCUT2D eigenvalue weighted by molar-refractivity contribution is 7.89. The second kappa shape index (κ2) is 7.99. The molecule has 1 atom stereocenters. The summed E-state index contributed by atoms with van der Waals surface area (Å²) in [7, 11) is -2.14. The molecule has 4 nitrogen and oxygen atoms in total. The number of aryl methyl sites for hydroxylation is 1. The molecule has 1 aliphatic heterocycles. The van der Waals surface area contributed by atoms with Crippen molar-refractivity contribution in [2.45, 2.75) is 43.5 Å². The summed E-state index contributed by atoms with van der Waals surface area (Å²) in [4.78, 5) is 0.211. The minimum absolute atomic E-state index is 0.150. The number of sulfonamides is 1. The standard InChI is InChI=1S/C20H24ClNO3S/c1-15-7-6-8-16(13-15)19-9-4-3-5-12-22(19)26(23,24)17-10-11-20(25-2)18(21)14-17/h6-8,10-11,13-14,19H,3-5,9,12H2,1-2H3. The molecule has 3 rings (SSSR count). The predicted octanol–water partition coefficient (Wildman–Crippen LogP) is 4.96. The molecule has 1 saturated heterocycles. The quantitative estimate of drug-likeness (QED) is 0.737. The van der Waals surface area contributed by atoms with E-state index < -0.39 is 10.0 Å². The van der Waals surface area contributed by atoms with Crippen LogP contribution in [-0.4, -0.2) is 26.4 Å². The molecule has 1 fully saturated rings. The molecular weight excluding hydrogens is 370 g/mol. The van der Waals surface area contributed by atoms with Crippen molar-refractivity contribution >= 4 is 21.6 Å². The fourth-order valence-corrected chi connectivity index (χ4v) is 5.55. The number of halogens is 1. The van der Waals surface area contributed by atoms with Crippen LogP contribution in [0.4, 0.5) is 0 Å². The van der Waals surface area contributed by atoms with Crippen molar-refractivity contribution < 1.29 is 13.2 Å². The van der Waals surface area contributed by atoms with Crippen molar-refractivity contribution in [1.82, 2.24) is 4.31 Å². The molecule has 0 N–H and O–H groups in total. The van der Waals surface area contributed by atoms with Gasteiger partial charge < -0.3 is 4.74 Å². The Bertz CT molecular complexity index is 882. The summed E-state index contributed by atoms with van der Waals surface area (Å²) in [5.74, 6) is 0.469. The number of nitrogens with zero attached hydrogens (tertiary/aromatic N) is 1. The summed E-state index contributed by atoms with van der Waals surface area (Å²) in [5, 5.41) is 0.301. The molecule has 1 aliphatic rings. The van der Waals surface area contributed by atoms with Gasteiger partial charge in [0, 0.05) is 6.54 Å². The normalized spacial score (nSPS) is 19.1. The molecule has 0 aliphatic carbocycles. The summed E-state index contributed by atoms with van der Waals surface area (Å²) in [5.41, 5.74) is 2.19. The molecule has 0 radical (unpaired) electrons. The highest BCUT2D eigenvalue weighted by Gasteiger charge is 2.33. The maximum atomic E-state index is 13.4. The monoisotopic (exact) mass is 393 g/mol. The van der Waals surface area contributed by atoms with Gasteiger partial charge in [0.15, 0.2) is 0 Å². The molecule has 0 saturated carbocycles. The minimum atomic E-state index is -3.65. The van der Waals surface area contributed by atoms with Gasteiger partial charge in [-0.15, -0.1) is 0 Å². The van der Waals surface area contributed by atoms with Crippen molar-refractivity contribution in [1.29, 1.82) is 0 Å². The van der Waals surface area contributed by atoms with Crippen molar-refractivity contribution in [3.8, 4) is 5.75 Å². The van der Waals surface area contributed by atoms with Gasteiger partial charge in [0.25, 0.3) is 0 Å². The van der Waals surface area contributed by atoms with Gasteiger partial charge >= 0.3 is 0 Å². The first kappa shape index (κ1) is 19.2. The van der Waals surface area contributed by atoms with Crippen LogP contribution in [0, 0.1) is 6.92 Å². The van der Waals surface area contributed by atoms with Crippen LogP contribution in [0.5, 0.6) is 5.75 Å². The number of hydrogen-bond donors (Lipinski definition) is 0. The lowest BCUT2D eigenvalue weighted by Gasteiger charge is -2.30. The van der Waals surface area contributed by atoms with E-state index in [0.717, 1.165) is 36.8 Å². The lowest BCUT2D eigenvalue weighted by Crippen LogP contribution is -2.34. The molecular formula is C20H24ClNO3S. The molecule has 0 aromatic heterocycles. The van der Waals surface area contributed by atoms with E-state index in [2.05, 4.69) is 6.07 Å². The van der Waals surface area contributed by atoms with Crippen molar-refractivity contribution in [2.75, 3.05) is 13.7 Å². The maximum absolute atomic E-state index is 13.4. The summed E-state index contributed by atoms with van der Waals surface area (Å²) in [6.45, 7) is 2.55. The Morgan fingerprint density at radius 3 is 2.62 bits per heavy atom. The van der Waals surface area contributed by atoms with E-state index in [1.54, 1.807) is 16.4 Å². The molecule has 26 heavy (non-hydrogen) atoms. The molecule has 1 unspecified atom stereocenters. The lowest BCUT2D eigenvalue weighted by atomic mass is 10.0. The van der Waals surface area contributed by atoms with Crippen LogP contribution in [0.2, 0.25) is 5.02 Å². The van der Waals surface area contributed by atoms with E-state index in [4.69, 9.17) is 16.3 Å². The van der Waals surface area contributed by atoms with E-state index in [1.165, 1.54) is 13.2 Å². The average molecular weight is 394 g/mol. The number of rotatable bonds is 4. The zero-order chi connectivity index (χ0) is 18.7. The number of hydrogen-bond acceptors (Lipinski definition) is 3. The summed E-state index contributed by atoms with van der Waals surface area (Å²) in [6.07, 6.45) is 3.75. The van der Waals surface area contributed by atoms with Gasteiger partial charge in [0.2, 0.25) is 10.0 Å². The first-order valence-electron chi connectivity index (χ1n) is 8.85. The fourth-order valence-electron chi connectivity index (χ4n) is 3.52. The smallest absolute Gasteiger partial charge is 0.243 e. The van der Waals surface area contributed by atoms with Crippen molar-refractivity contribution in [3.05, 3.63) is 58.6 Å². The third-order valence-electron chi connectivity index (χ3n) is 4.86. The molecule has 1 heterocycles. The Morgan fingerprint density at radius 1 is 1.12 bits per heavy atom. The Kier molecular flexibility index (Phi) is 5.90. The van der Waals surface area contributed by atoms with Crippen LogP contribution in [0.15, 0.2) is 47.4 Å². The third kappa shape index (κ3) is 3.90. The fraction of sp³-hybridized carbons (Fsp3) is 0.400. The Hall–Kier alpha value is -1.56. The van der Waals surface area contributed by atoms with Crippen LogP contribution in [0.25, 0.3) is 0 Å². The predicted molar refractivity (Wildman–Crippen MR) is 104 cm³/mol. The van der Waals surface area contributed by atoms with Crippen molar-refractivity contribution in [2.24, 2.45) is 0 Å². The second-order valence-electron chi connectivity index (χ2n) is 6.69. The van der Waals surface area contributed by atoms with Crippen LogP contribution >= 0.6 is 11.6 Å². The molecule has 2 aromatic carbocycles. The second-order valence-corrected chi connectivity index (χ2v) is 8.99. The lowest BCUT2D eigenvalue weighted by molar-refractivity contribution is 0.329. The van der Waals surface area contributed by atoms with Gasteiger partial charge in [-0.2, -0.15) is 4.31 Å². The van der Waals surface area contributed by atoms with Gasteiger partial charge in [-0.3, -0.25) is 0 Å². The molecule has 2 aromatic rings. The number of ether oxygens (including phenoxy) is 1. The Balaban J connectivity index is 2.03. The summed E-state index contributed by atoms with van der Waals surface area (Å²) >= 11 is 6.17. The zero-order valence-corrected chi connectivity index (χ0v) is 16.7. The van der Waals surface area contributed by atoms with Gasteiger partial charge in [-0.25, -0.2) is 8.42 Å². The van der Waals surface area contributed by atoms with Crippen LogP contribution in [0.3, 0.4) is 0 Å².